The van der Waals surface area contributed by atoms with Gasteiger partial charge in [0.15, 0.2) is 12.4 Å². The minimum atomic E-state index is -4.45. The van der Waals surface area contributed by atoms with Gasteiger partial charge in [-0.3, -0.25) is 4.79 Å². The standard InChI is InChI=1S/C20H15F3N2O4/c1-12-10-17(25-29-12)24-18(26)11-28-19(27)16-5-3-2-4-15(16)13-6-8-14(9-7-13)20(21,22)23/h2-10H,11H2,1H3,(H,24,25,26). The number of aryl methyl sites for hydroxylation is 1. The molecular formula is C20H15F3N2O4. The molecule has 0 aliphatic heterocycles. The molecule has 0 atom stereocenters. The number of benzene rings is 2. The lowest BCUT2D eigenvalue weighted by Crippen LogP contribution is -2.21. The van der Waals surface area contributed by atoms with Crippen LogP contribution in [0.4, 0.5) is 19.0 Å². The van der Waals surface area contributed by atoms with Crippen molar-refractivity contribution in [3.05, 3.63) is 71.5 Å². The average Bonchev–Trinajstić information content (AvgIpc) is 3.10. The van der Waals surface area contributed by atoms with Crippen molar-refractivity contribution in [1.29, 1.82) is 0 Å². The maximum absolute atomic E-state index is 12.7. The number of ether oxygens (including phenoxy) is 1. The normalized spacial score (nSPS) is 11.2. The third-order valence-corrected chi connectivity index (χ3v) is 3.90. The number of carbonyl (C=O) groups is 2. The van der Waals surface area contributed by atoms with Gasteiger partial charge >= 0.3 is 12.1 Å². The molecule has 0 fully saturated rings. The number of alkyl halides is 3. The van der Waals surface area contributed by atoms with Crippen molar-refractivity contribution in [1.82, 2.24) is 5.16 Å². The first kappa shape index (κ1) is 20.1. The maximum Gasteiger partial charge on any atom is 0.416 e. The van der Waals surface area contributed by atoms with Gasteiger partial charge in [-0.25, -0.2) is 4.79 Å². The van der Waals surface area contributed by atoms with Gasteiger partial charge in [-0.1, -0.05) is 35.5 Å². The van der Waals surface area contributed by atoms with Crippen molar-refractivity contribution in [3.63, 3.8) is 0 Å². The van der Waals surface area contributed by atoms with E-state index in [1.165, 1.54) is 24.3 Å². The number of nitrogens with one attached hydrogen (secondary N) is 1. The van der Waals surface area contributed by atoms with Crippen LogP contribution in [0.1, 0.15) is 21.7 Å². The van der Waals surface area contributed by atoms with E-state index < -0.39 is 30.2 Å². The molecule has 3 rings (SSSR count). The summed E-state index contributed by atoms with van der Waals surface area (Å²) >= 11 is 0. The fourth-order valence-electron chi connectivity index (χ4n) is 2.56. The summed E-state index contributed by atoms with van der Waals surface area (Å²) in [7, 11) is 0. The van der Waals surface area contributed by atoms with E-state index in [2.05, 4.69) is 10.5 Å². The van der Waals surface area contributed by atoms with Gasteiger partial charge in [-0.15, -0.1) is 0 Å². The Morgan fingerprint density at radius 2 is 1.79 bits per heavy atom. The Hall–Kier alpha value is -3.62. The van der Waals surface area contributed by atoms with Crippen LogP contribution in [0.5, 0.6) is 0 Å². The summed E-state index contributed by atoms with van der Waals surface area (Å²) in [4.78, 5) is 24.3. The predicted molar refractivity (Wildman–Crippen MR) is 97.0 cm³/mol. The molecule has 150 valence electrons. The van der Waals surface area contributed by atoms with Gasteiger partial charge in [-0.05, 0) is 36.2 Å². The Morgan fingerprint density at radius 3 is 2.41 bits per heavy atom. The Balaban J connectivity index is 1.71. The summed E-state index contributed by atoms with van der Waals surface area (Å²) in [5.41, 5.74) is 0.130. The number of anilines is 1. The van der Waals surface area contributed by atoms with Crippen molar-refractivity contribution < 1.29 is 32.0 Å². The lowest BCUT2D eigenvalue weighted by molar-refractivity contribution is -0.137. The van der Waals surface area contributed by atoms with Gasteiger partial charge in [0.2, 0.25) is 0 Å². The van der Waals surface area contributed by atoms with E-state index in [-0.39, 0.29) is 11.4 Å². The summed E-state index contributed by atoms with van der Waals surface area (Å²) in [6.45, 7) is 1.09. The number of carbonyl (C=O) groups excluding carboxylic acids is 2. The van der Waals surface area contributed by atoms with E-state index in [1.54, 1.807) is 25.1 Å². The number of hydrogen-bond acceptors (Lipinski definition) is 5. The molecule has 0 aliphatic carbocycles. The first-order valence-corrected chi connectivity index (χ1v) is 8.41. The van der Waals surface area contributed by atoms with E-state index >= 15 is 0 Å². The zero-order valence-electron chi connectivity index (χ0n) is 15.1. The molecule has 1 amide bonds. The summed E-state index contributed by atoms with van der Waals surface area (Å²) in [5, 5.41) is 6.00. The lowest BCUT2D eigenvalue weighted by atomic mass is 9.98. The van der Waals surface area contributed by atoms with Crippen LogP contribution in [0.3, 0.4) is 0 Å². The Bertz CT molecular complexity index is 1030. The van der Waals surface area contributed by atoms with E-state index in [9.17, 15) is 22.8 Å². The van der Waals surface area contributed by atoms with Crippen molar-refractivity contribution in [3.8, 4) is 11.1 Å². The number of hydrogen-bond donors (Lipinski definition) is 1. The molecule has 0 radical (unpaired) electrons. The monoisotopic (exact) mass is 404 g/mol. The highest BCUT2D eigenvalue weighted by Gasteiger charge is 2.30. The number of rotatable bonds is 5. The second-order valence-electron chi connectivity index (χ2n) is 6.07. The van der Waals surface area contributed by atoms with Gasteiger partial charge in [-0.2, -0.15) is 13.2 Å². The molecule has 0 saturated carbocycles. The van der Waals surface area contributed by atoms with Gasteiger partial charge in [0, 0.05) is 6.07 Å². The number of amides is 1. The molecular weight excluding hydrogens is 389 g/mol. The maximum atomic E-state index is 12.7. The van der Waals surface area contributed by atoms with E-state index in [0.29, 0.717) is 16.9 Å². The van der Waals surface area contributed by atoms with Gasteiger partial charge in [0.05, 0.1) is 11.1 Å². The molecule has 0 bridgehead atoms. The largest absolute Gasteiger partial charge is 0.452 e. The fraction of sp³-hybridized carbons (Fsp3) is 0.150. The van der Waals surface area contributed by atoms with Crippen molar-refractivity contribution in [2.45, 2.75) is 13.1 Å². The average molecular weight is 404 g/mol. The van der Waals surface area contributed by atoms with Crippen LogP contribution in [0, 0.1) is 6.92 Å². The third kappa shape index (κ3) is 5.01. The molecule has 29 heavy (non-hydrogen) atoms. The van der Waals surface area contributed by atoms with Crippen molar-refractivity contribution >= 4 is 17.7 Å². The van der Waals surface area contributed by atoms with Crippen LogP contribution in [0.2, 0.25) is 0 Å². The quantitative estimate of drug-likeness (QED) is 0.635. The van der Waals surface area contributed by atoms with Crippen LogP contribution in [0.25, 0.3) is 11.1 Å². The molecule has 3 aromatic rings. The molecule has 0 unspecified atom stereocenters. The molecule has 1 heterocycles. The van der Waals surface area contributed by atoms with Gasteiger partial charge in [0.1, 0.15) is 5.76 Å². The summed E-state index contributed by atoms with van der Waals surface area (Å²) in [6.07, 6.45) is -4.45. The fourth-order valence-corrected chi connectivity index (χ4v) is 2.56. The number of esters is 1. The molecule has 0 aliphatic rings. The Labute approximate surface area is 163 Å². The van der Waals surface area contributed by atoms with Gasteiger partial charge in [0.25, 0.3) is 5.91 Å². The smallest absolute Gasteiger partial charge is 0.416 e. The first-order chi connectivity index (χ1) is 13.7. The van der Waals surface area contributed by atoms with Crippen LogP contribution in [-0.2, 0) is 15.7 Å². The Kier molecular flexibility index (Phi) is 5.67. The predicted octanol–water partition coefficient (Wildman–Crippen LogP) is 4.46. The number of nitrogens with zero attached hydrogens (tertiary/aromatic N) is 1. The second kappa shape index (κ2) is 8.17. The molecule has 6 nitrogen and oxygen atoms in total. The molecule has 0 saturated heterocycles. The van der Waals surface area contributed by atoms with Crippen LogP contribution < -0.4 is 5.32 Å². The van der Waals surface area contributed by atoms with Crippen LogP contribution >= 0.6 is 0 Å². The van der Waals surface area contributed by atoms with E-state index in [0.717, 1.165) is 12.1 Å². The number of aromatic nitrogens is 1. The molecule has 1 aromatic heterocycles. The van der Waals surface area contributed by atoms with Crippen molar-refractivity contribution in [2.24, 2.45) is 0 Å². The highest BCUT2D eigenvalue weighted by molar-refractivity contribution is 5.99. The van der Waals surface area contributed by atoms with E-state index in [1.807, 2.05) is 0 Å². The van der Waals surface area contributed by atoms with Crippen LogP contribution in [0.15, 0.2) is 59.1 Å². The SMILES string of the molecule is Cc1cc(NC(=O)COC(=O)c2ccccc2-c2ccc(C(F)(F)F)cc2)no1. The zero-order valence-corrected chi connectivity index (χ0v) is 15.1. The molecule has 2 aromatic carbocycles. The van der Waals surface area contributed by atoms with E-state index in [4.69, 9.17) is 9.26 Å². The Morgan fingerprint density at radius 1 is 1.10 bits per heavy atom. The van der Waals surface area contributed by atoms with Crippen LogP contribution in [-0.4, -0.2) is 23.6 Å². The highest BCUT2D eigenvalue weighted by Crippen LogP contribution is 2.32. The third-order valence-electron chi connectivity index (χ3n) is 3.90. The topological polar surface area (TPSA) is 81.4 Å². The first-order valence-electron chi connectivity index (χ1n) is 8.41. The second-order valence-corrected chi connectivity index (χ2v) is 6.07. The highest BCUT2D eigenvalue weighted by atomic mass is 19.4. The minimum Gasteiger partial charge on any atom is -0.452 e. The van der Waals surface area contributed by atoms with Gasteiger partial charge < -0.3 is 14.6 Å². The zero-order chi connectivity index (χ0) is 21.0. The minimum absolute atomic E-state index is 0.123. The number of halogens is 3. The lowest BCUT2D eigenvalue weighted by Gasteiger charge is -2.11. The molecule has 9 heteroatoms. The summed E-state index contributed by atoms with van der Waals surface area (Å²) < 4.78 is 48.1. The summed E-state index contributed by atoms with van der Waals surface area (Å²) in [6, 6.07) is 12.2. The summed E-state index contributed by atoms with van der Waals surface area (Å²) in [5.74, 6) is -0.706. The molecule has 1 N–H and O–H groups in total. The molecule has 0 spiro atoms. The van der Waals surface area contributed by atoms with Crippen molar-refractivity contribution in [2.75, 3.05) is 11.9 Å².